The number of rotatable bonds is 8. The van der Waals surface area contributed by atoms with E-state index in [0.29, 0.717) is 30.2 Å². The van der Waals surface area contributed by atoms with Crippen molar-refractivity contribution in [2.24, 2.45) is 0 Å². The van der Waals surface area contributed by atoms with Crippen molar-refractivity contribution >= 4 is 45.7 Å². The summed E-state index contributed by atoms with van der Waals surface area (Å²) in [7, 11) is 3.98. The van der Waals surface area contributed by atoms with Gasteiger partial charge in [0.05, 0.1) is 16.2 Å². The number of halogens is 2. The molecule has 2 amide bonds. The number of nitrogens with one attached hydrogen (secondary N) is 3. The lowest BCUT2D eigenvalue weighted by Gasteiger charge is -2.15. The number of aromatic nitrogens is 2. The molecule has 2 aromatic heterocycles. The van der Waals surface area contributed by atoms with E-state index in [1.165, 1.54) is 6.07 Å². The van der Waals surface area contributed by atoms with E-state index in [4.69, 9.17) is 11.6 Å². The first-order valence-corrected chi connectivity index (χ1v) is 12.2. The van der Waals surface area contributed by atoms with Gasteiger partial charge in [0.1, 0.15) is 11.6 Å². The van der Waals surface area contributed by atoms with E-state index in [1.807, 2.05) is 33.2 Å². The van der Waals surface area contributed by atoms with Crippen molar-refractivity contribution in [3.05, 3.63) is 82.0 Å². The number of carbonyl (C=O) groups is 1. The second-order valence-corrected chi connectivity index (χ2v) is 9.13. The number of amides is 2. The highest BCUT2D eigenvalue weighted by molar-refractivity contribution is 6.33. The fraction of sp³-hybridized carbons (Fsp3) is 0.222. The van der Waals surface area contributed by atoms with Crippen LogP contribution in [0, 0.1) is 5.82 Å². The van der Waals surface area contributed by atoms with Crippen LogP contribution >= 0.6 is 11.6 Å². The Morgan fingerprint density at radius 1 is 1.08 bits per heavy atom. The molecule has 4 rings (SSSR count). The lowest BCUT2D eigenvalue weighted by atomic mass is 10.0. The predicted molar refractivity (Wildman–Crippen MR) is 148 cm³/mol. The first-order valence-electron chi connectivity index (χ1n) is 11.8. The summed E-state index contributed by atoms with van der Waals surface area (Å²) in [5.41, 5.74) is 1.47. The third-order valence-electron chi connectivity index (χ3n) is 5.79. The van der Waals surface area contributed by atoms with Crippen LogP contribution in [0.5, 0.6) is 0 Å². The number of pyridine rings is 2. The van der Waals surface area contributed by atoms with Gasteiger partial charge in [-0.3, -0.25) is 4.79 Å². The van der Waals surface area contributed by atoms with E-state index < -0.39 is 11.8 Å². The molecule has 0 fully saturated rings. The van der Waals surface area contributed by atoms with Crippen molar-refractivity contribution in [2.45, 2.75) is 13.5 Å². The van der Waals surface area contributed by atoms with Gasteiger partial charge in [-0.25, -0.2) is 14.2 Å². The fourth-order valence-electron chi connectivity index (χ4n) is 3.94. The Bertz CT molecular complexity index is 1490. The molecule has 0 atom stereocenters. The summed E-state index contributed by atoms with van der Waals surface area (Å²) in [6, 6.07) is 14.1. The van der Waals surface area contributed by atoms with Gasteiger partial charge >= 0.3 is 6.03 Å². The average Bonchev–Trinajstić information content (AvgIpc) is 2.86. The van der Waals surface area contributed by atoms with E-state index in [2.05, 4.69) is 25.8 Å². The highest BCUT2D eigenvalue weighted by Gasteiger charge is 2.18. The van der Waals surface area contributed by atoms with E-state index in [1.54, 1.807) is 41.1 Å². The SMILES string of the molecule is CCn1c(=O)c(-c2cc(NC(=O)Nc3ccccc3)c(F)cc2Cl)cc2cnc(NCCN(C)C)cc21. The summed E-state index contributed by atoms with van der Waals surface area (Å²) >= 11 is 6.38. The number of nitrogens with zero attached hydrogens (tertiary/aromatic N) is 3. The highest BCUT2D eigenvalue weighted by Crippen LogP contribution is 2.32. The maximum Gasteiger partial charge on any atom is 0.323 e. The number of hydrogen-bond acceptors (Lipinski definition) is 5. The smallest absolute Gasteiger partial charge is 0.323 e. The van der Waals surface area contributed by atoms with Crippen LogP contribution in [0.3, 0.4) is 0 Å². The fourth-order valence-corrected chi connectivity index (χ4v) is 4.19. The number of benzene rings is 2. The Labute approximate surface area is 219 Å². The van der Waals surface area contributed by atoms with E-state index in [0.717, 1.165) is 23.5 Å². The molecule has 0 spiro atoms. The van der Waals surface area contributed by atoms with Crippen LogP contribution in [-0.2, 0) is 6.54 Å². The molecule has 0 aliphatic rings. The molecule has 8 nitrogen and oxygen atoms in total. The van der Waals surface area contributed by atoms with Gasteiger partial charge in [-0.15, -0.1) is 0 Å². The zero-order valence-corrected chi connectivity index (χ0v) is 21.6. The van der Waals surface area contributed by atoms with Crippen LogP contribution in [0.25, 0.3) is 22.0 Å². The van der Waals surface area contributed by atoms with Crippen LogP contribution in [0.2, 0.25) is 5.02 Å². The number of para-hydroxylation sites is 1. The number of aryl methyl sites for hydroxylation is 1. The van der Waals surface area contributed by atoms with Crippen molar-refractivity contribution in [2.75, 3.05) is 43.1 Å². The Balaban J connectivity index is 1.69. The number of hydrogen-bond donors (Lipinski definition) is 3. The highest BCUT2D eigenvalue weighted by atomic mass is 35.5. The Morgan fingerprint density at radius 3 is 2.54 bits per heavy atom. The molecule has 2 aromatic carbocycles. The molecule has 0 saturated carbocycles. The maximum absolute atomic E-state index is 14.7. The molecular formula is C27H28ClFN6O2. The van der Waals surface area contributed by atoms with Gasteiger partial charge in [0.15, 0.2) is 0 Å². The summed E-state index contributed by atoms with van der Waals surface area (Å²) in [6.07, 6.45) is 1.69. The zero-order valence-electron chi connectivity index (χ0n) is 20.8. The van der Waals surface area contributed by atoms with Crippen LogP contribution < -0.4 is 21.5 Å². The van der Waals surface area contributed by atoms with Crippen molar-refractivity contribution in [3.63, 3.8) is 0 Å². The summed E-state index contributed by atoms with van der Waals surface area (Å²) in [4.78, 5) is 32.5. The molecule has 192 valence electrons. The number of fused-ring (bicyclic) bond motifs is 1. The monoisotopic (exact) mass is 522 g/mol. The second kappa shape index (κ2) is 11.4. The minimum atomic E-state index is -0.719. The number of likely N-dealkylation sites (N-methyl/N-ethyl adjacent to an activating group) is 1. The van der Waals surface area contributed by atoms with E-state index in [-0.39, 0.29) is 21.8 Å². The topological polar surface area (TPSA) is 91.3 Å². The summed E-state index contributed by atoms with van der Waals surface area (Å²) in [5.74, 6) is -0.0527. The number of carbonyl (C=O) groups excluding carboxylic acids is 1. The van der Waals surface area contributed by atoms with E-state index in [9.17, 15) is 14.0 Å². The molecule has 3 N–H and O–H groups in total. The van der Waals surface area contributed by atoms with E-state index >= 15 is 0 Å². The summed E-state index contributed by atoms with van der Waals surface area (Å²) in [6.45, 7) is 3.83. The Morgan fingerprint density at radius 2 is 1.84 bits per heavy atom. The van der Waals surface area contributed by atoms with Crippen LogP contribution in [0.15, 0.2) is 65.6 Å². The van der Waals surface area contributed by atoms with Crippen molar-refractivity contribution in [1.82, 2.24) is 14.5 Å². The molecule has 0 bridgehead atoms. The van der Waals surface area contributed by atoms with Crippen LogP contribution in [-0.4, -0.2) is 47.7 Å². The van der Waals surface area contributed by atoms with Gasteiger partial charge < -0.3 is 25.4 Å². The normalized spacial score (nSPS) is 11.1. The first kappa shape index (κ1) is 26.1. The molecule has 37 heavy (non-hydrogen) atoms. The predicted octanol–water partition coefficient (Wildman–Crippen LogP) is 5.49. The molecule has 0 aliphatic carbocycles. The molecule has 0 unspecified atom stereocenters. The van der Waals surface area contributed by atoms with Gasteiger partial charge in [0.25, 0.3) is 5.56 Å². The maximum atomic E-state index is 14.7. The van der Waals surface area contributed by atoms with Gasteiger partial charge in [-0.05, 0) is 51.4 Å². The lowest BCUT2D eigenvalue weighted by molar-refractivity contribution is 0.262. The molecule has 10 heteroatoms. The summed E-state index contributed by atoms with van der Waals surface area (Å²) in [5, 5.41) is 9.19. The Hall–Kier alpha value is -3.95. The van der Waals surface area contributed by atoms with Crippen molar-refractivity contribution in [3.8, 4) is 11.1 Å². The average molecular weight is 523 g/mol. The van der Waals surface area contributed by atoms with Gasteiger partial charge in [-0.2, -0.15) is 0 Å². The van der Waals surface area contributed by atoms with Crippen molar-refractivity contribution in [1.29, 1.82) is 0 Å². The molecule has 4 aromatic rings. The third kappa shape index (κ3) is 6.07. The lowest BCUT2D eigenvalue weighted by Crippen LogP contribution is -2.23. The minimum Gasteiger partial charge on any atom is -0.369 e. The minimum absolute atomic E-state index is 0.0561. The first-order chi connectivity index (χ1) is 17.8. The van der Waals surface area contributed by atoms with Gasteiger partial charge in [0.2, 0.25) is 0 Å². The Kier molecular flexibility index (Phi) is 8.05. The van der Waals surface area contributed by atoms with Gasteiger partial charge in [-0.1, -0.05) is 29.8 Å². The standard InChI is InChI=1S/C27H28ClFN6O2/c1-4-35-24-15-25(30-10-11-34(2)3)31-16-17(24)12-20(26(35)36)19-13-23(22(29)14-21(19)28)33-27(37)32-18-8-6-5-7-9-18/h5-9,12-16H,4,10-11H2,1-3H3,(H,30,31)(H2,32,33,37). The summed E-state index contributed by atoms with van der Waals surface area (Å²) < 4.78 is 16.3. The number of anilines is 3. The van der Waals surface area contributed by atoms with Crippen LogP contribution in [0.4, 0.5) is 26.4 Å². The quantitative estimate of drug-likeness (QED) is 0.284. The molecule has 0 radical (unpaired) electrons. The van der Waals surface area contributed by atoms with Crippen LogP contribution in [0.1, 0.15) is 6.92 Å². The zero-order chi connectivity index (χ0) is 26.5. The molecule has 0 saturated heterocycles. The molecule has 2 heterocycles. The van der Waals surface area contributed by atoms with Crippen molar-refractivity contribution < 1.29 is 9.18 Å². The number of urea groups is 1. The van der Waals surface area contributed by atoms with Gasteiger partial charge in [0, 0.05) is 54.1 Å². The molecule has 0 aliphatic heterocycles. The second-order valence-electron chi connectivity index (χ2n) is 8.72. The molecular weight excluding hydrogens is 495 g/mol. The third-order valence-corrected chi connectivity index (χ3v) is 6.10. The largest absolute Gasteiger partial charge is 0.369 e.